The van der Waals surface area contributed by atoms with Crippen molar-refractivity contribution in [3.63, 3.8) is 0 Å². The van der Waals surface area contributed by atoms with Crippen molar-refractivity contribution in [2.75, 3.05) is 7.11 Å². The van der Waals surface area contributed by atoms with Crippen LogP contribution in [0.15, 0.2) is 42.5 Å². The molecule has 1 fully saturated rings. The van der Waals surface area contributed by atoms with Gasteiger partial charge in [0.1, 0.15) is 0 Å². The molecule has 0 atom stereocenters. The number of ether oxygens (including phenoxy) is 1. The number of carbonyl (C=O) groups is 1. The molecule has 4 rings (SSSR count). The molecule has 2 aromatic carbocycles. The predicted molar refractivity (Wildman–Crippen MR) is 139 cm³/mol. The van der Waals surface area contributed by atoms with Crippen LogP contribution in [0.2, 0.25) is 5.02 Å². The van der Waals surface area contributed by atoms with Crippen molar-refractivity contribution in [1.29, 1.82) is 0 Å². The minimum Gasteiger partial charge on any atom is -0.481 e. The van der Waals surface area contributed by atoms with Crippen LogP contribution in [0.5, 0.6) is 6.01 Å². The van der Waals surface area contributed by atoms with Gasteiger partial charge in [0.25, 0.3) is 0 Å². The number of carboxylic acids is 1. The van der Waals surface area contributed by atoms with E-state index in [1.807, 2.05) is 24.3 Å². The average Bonchev–Trinajstić information content (AvgIpc) is 3.41. The van der Waals surface area contributed by atoms with E-state index in [0.29, 0.717) is 47.5 Å². The van der Waals surface area contributed by atoms with Crippen molar-refractivity contribution >= 4 is 17.6 Å². The molecule has 11 heteroatoms. The molecule has 0 saturated heterocycles. The van der Waals surface area contributed by atoms with E-state index in [-0.39, 0.29) is 18.9 Å². The van der Waals surface area contributed by atoms with Gasteiger partial charge in [0.15, 0.2) is 17.1 Å². The van der Waals surface area contributed by atoms with Crippen molar-refractivity contribution in [3.8, 4) is 28.8 Å². The van der Waals surface area contributed by atoms with E-state index in [0.717, 1.165) is 11.1 Å². The molecule has 3 N–H and O–H groups in total. The van der Waals surface area contributed by atoms with Crippen LogP contribution in [-0.2, 0) is 11.3 Å². The summed E-state index contributed by atoms with van der Waals surface area (Å²) in [7, 11) is 1.53. The summed E-state index contributed by atoms with van der Waals surface area (Å²) < 4.78 is 42.1. The number of nitrogens with zero attached hydrogens (tertiary/aromatic N) is 3. The number of hydrogen-bond acceptors (Lipinski definition) is 6. The van der Waals surface area contributed by atoms with Crippen LogP contribution in [0.25, 0.3) is 22.8 Å². The van der Waals surface area contributed by atoms with Gasteiger partial charge in [-0.3, -0.25) is 4.79 Å². The van der Waals surface area contributed by atoms with E-state index in [9.17, 15) is 18.0 Å². The summed E-state index contributed by atoms with van der Waals surface area (Å²) in [6.45, 7) is 4.71. The summed E-state index contributed by atoms with van der Waals surface area (Å²) in [6.07, 6.45) is -4.44. The first-order chi connectivity index (χ1) is 17.9. The van der Waals surface area contributed by atoms with E-state index in [2.05, 4.69) is 40.9 Å². The van der Waals surface area contributed by atoms with Gasteiger partial charge in [0, 0.05) is 17.7 Å². The second kappa shape index (κ2) is 12.1. The fourth-order valence-electron chi connectivity index (χ4n) is 4.20. The number of aliphatic carboxylic acids is 1. The SMILES string of the molecule is COc1nc(-c2cccc(C(C)C)c2)nc(-c2cc(CN)ccc2Cl)n1.O=C(O)C1(C(F)(F)F)CCCC1. The van der Waals surface area contributed by atoms with Gasteiger partial charge in [0.05, 0.1) is 12.1 Å². The van der Waals surface area contributed by atoms with Crippen molar-refractivity contribution in [2.24, 2.45) is 11.1 Å². The smallest absolute Gasteiger partial charge is 0.404 e. The molecule has 3 aromatic rings. The summed E-state index contributed by atoms with van der Waals surface area (Å²) in [6, 6.07) is 14.0. The van der Waals surface area contributed by atoms with Gasteiger partial charge in [-0.05, 0) is 48.1 Å². The number of hydrogen-bond donors (Lipinski definition) is 2. The standard InChI is InChI=1S/C20H21ClN4O.C7H9F3O2/c1-12(2)14-5-4-6-15(10-14)18-23-19(25-20(24-18)26-3)16-9-13(11-22)7-8-17(16)21;8-7(9,10)6(5(11)12)3-1-2-4-6/h4-10,12H,11,22H2,1-3H3;1-4H2,(H,11,12). The number of methoxy groups -OCH3 is 1. The minimum atomic E-state index is -4.60. The van der Waals surface area contributed by atoms with Crippen molar-refractivity contribution in [2.45, 2.75) is 58.2 Å². The first-order valence-electron chi connectivity index (χ1n) is 12.1. The fourth-order valence-corrected chi connectivity index (χ4v) is 4.40. The van der Waals surface area contributed by atoms with E-state index in [1.165, 1.54) is 12.7 Å². The molecule has 0 radical (unpaired) electrons. The summed E-state index contributed by atoms with van der Waals surface area (Å²) in [5.41, 5.74) is 7.07. The molecule has 0 amide bonds. The van der Waals surface area contributed by atoms with Crippen LogP contribution in [0.4, 0.5) is 13.2 Å². The zero-order valence-electron chi connectivity index (χ0n) is 21.3. The molecular formula is C27H30ClF3N4O3. The van der Waals surface area contributed by atoms with Gasteiger partial charge in [-0.1, -0.05) is 62.6 Å². The van der Waals surface area contributed by atoms with Gasteiger partial charge in [-0.25, -0.2) is 4.98 Å². The Labute approximate surface area is 224 Å². The number of rotatable bonds is 6. The molecule has 7 nitrogen and oxygen atoms in total. The fraction of sp³-hybridized carbons (Fsp3) is 0.407. The molecule has 1 saturated carbocycles. The molecular weight excluding hydrogens is 521 g/mol. The van der Waals surface area contributed by atoms with Gasteiger partial charge in [0.2, 0.25) is 0 Å². The Kier molecular flexibility index (Phi) is 9.32. The van der Waals surface area contributed by atoms with Gasteiger partial charge in [-0.2, -0.15) is 23.1 Å². The van der Waals surface area contributed by atoms with E-state index in [4.69, 9.17) is 27.2 Å². The van der Waals surface area contributed by atoms with Gasteiger partial charge < -0.3 is 15.6 Å². The second-order valence-corrected chi connectivity index (χ2v) is 9.77. The zero-order valence-corrected chi connectivity index (χ0v) is 22.1. The van der Waals surface area contributed by atoms with Crippen molar-refractivity contribution in [1.82, 2.24) is 15.0 Å². The largest absolute Gasteiger partial charge is 0.481 e. The van der Waals surface area contributed by atoms with Crippen LogP contribution in [0, 0.1) is 5.41 Å². The Morgan fingerprint density at radius 3 is 2.29 bits per heavy atom. The molecule has 204 valence electrons. The quantitative estimate of drug-likeness (QED) is 0.353. The summed E-state index contributed by atoms with van der Waals surface area (Å²) in [4.78, 5) is 23.9. The Morgan fingerprint density at radius 2 is 1.76 bits per heavy atom. The molecule has 1 aliphatic carbocycles. The number of halogens is 4. The van der Waals surface area contributed by atoms with E-state index >= 15 is 0 Å². The lowest BCUT2D eigenvalue weighted by molar-refractivity contribution is -0.229. The van der Waals surface area contributed by atoms with E-state index in [1.54, 1.807) is 6.07 Å². The van der Waals surface area contributed by atoms with E-state index < -0.39 is 17.6 Å². The Morgan fingerprint density at radius 1 is 1.11 bits per heavy atom. The van der Waals surface area contributed by atoms with Crippen LogP contribution < -0.4 is 10.5 Å². The molecule has 1 heterocycles. The molecule has 1 aromatic heterocycles. The lowest BCUT2D eigenvalue weighted by Gasteiger charge is -2.26. The highest BCUT2D eigenvalue weighted by molar-refractivity contribution is 6.33. The van der Waals surface area contributed by atoms with Gasteiger partial charge >= 0.3 is 18.2 Å². The van der Waals surface area contributed by atoms with Crippen LogP contribution >= 0.6 is 11.6 Å². The van der Waals surface area contributed by atoms with Gasteiger partial charge in [-0.15, -0.1) is 0 Å². The maximum absolute atomic E-state index is 12.3. The second-order valence-electron chi connectivity index (χ2n) is 9.36. The van der Waals surface area contributed by atoms with Crippen LogP contribution in [-0.4, -0.2) is 39.3 Å². The number of carboxylic acid groups (broad SMARTS) is 1. The third kappa shape index (κ3) is 6.42. The molecule has 0 aliphatic heterocycles. The molecule has 0 spiro atoms. The first kappa shape index (κ1) is 29.3. The average molecular weight is 551 g/mol. The molecule has 0 unspecified atom stereocenters. The van der Waals surface area contributed by atoms with Crippen molar-refractivity contribution in [3.05, 3.63) is 58.6 Å². The predicted octanol–water partition coefficient (Wildman–Crippen LogP) is 6.64. The Hall–Kier alpha value is -3.24. The summed E-state index contributed by atoms with van der Waals surface area (Å²) in [5.74, 6) is -0.313. The first-order valence-corrected chi connectivity index (χ1v) is 12.5. The monoisotopic (exact) mass is 550 g/mol. The van der Waals surface area contributed by atoms with Crippen LogP contribution in [0.3, 0.4) is 0 Å². The number of benzene rings is 2. The summed E-state index contributed by atoms with van der Waals surface area (Å²) in [5, 5.41) is 9.03. The molecule has 0 bridgehead atoms. The van der Waals surface area contributed by atoms with Crippen molar-refractivity contribution < 1.29 is 27.8 Å². The number of nitrogens with two attached hydrogens (primary N) is 1. The minimum absolute atomic E-state index is 0.245. The normalized spacial score (nSPS) is 14.7. The lowest BCUT2D eigenvalue weighted by atomic mass is 9.86. The summed E-state index contributed by atoms with van der Waals surface area (Å²) >= 11 is 6.37. The Bertz CT molecular complexity index is 1280. The molecule has 38 heavy (non-hydrogen) atoms. The lowest BCUT2D eigenvalue weighted by Crippen LogP contribution is -2.42. The number of alkyl halides is 3. The van der Waals surface area contributed by atoms with Crippen LogP contribution in [0.1, 0.15) is 56.6 Å². The highest BCUT2D eigenvalue weighted by Gasteiger charge is 2.61. The topological polar surface area (TPSA) is 111 Å². The third-order valence-electron chi connectivity index (χ3n) is 6.53. The zero-order chi connectivity index (χ0) is 28.1. The maximum Gasteiger partial charge on any atom is 0.404 e. The highest BCUT2D eigenvalue weighted by Crippen LogP contribution is 2.50. The highest BCUT2D eigenvalue weighted by atomic mass is 35.5. The Balaban J connectivity index is 0.000000279. The maximum atomic E-state index is 12.3. The number of aromatic nitrogens is 3. The third-order valence-corrected chi connectivity index (χ3v) is 6.86. The molecule has 1 aliphatic rings.